The average Bonchev–Trinajstić information content (AvgIpc) is 2.64. The minimum atomic E-state index is -0.288. The molecule has 2 aromatic carbocycles. The Balaban J connectivity index is 1.63. The Bertz CT molecular complexity index is 713. The molecule has 4 nitrogen and oxygen atoms in total. The summed E-state index contributed by atoms with van der Waals surface area (Å²) in [6.45, 7) is 1.66. The molecular weight excluding hydrogens is 319 g/mol. The smallest absolute Gasteiger partial charge is 0.227 e. The highest BCUT2D eigenvalue weighted by molar-refractivity contribution is 5.79. The maximum atomic E-state index is 13.0. The highest BCUT2D eigenvalue weighted by Crippen LogP contribution is 2.24. The predicted molar refractivity (Wildman–Crippen MR) is 96.1 cm³/mol. The summed E-state index contributed by atoms with van der Waals surface area (Å²) < 4.78 is 18.8. The number of hydrogen-bond acceptors (Lipinski definition) is 3. The highest BCUT2D eigenvalue weighted by atomic mass is 19.1. The van der Waals surface area contributed by atoms with Crippen LogP contribution in [0.5, 0.6) is 0 Å². The molecular formula is C20H23FN2O2. The summed E-state index contributed by atoms with van der Waals surface area (Å²) in [7, 11) is 4.00. The Kier molecular flexibility index (Phi) is 5.34. The molecule has 0 bridgehead atoms. The fourth-order valence-corrected chi connectivity index (χ4v) is 2.95. The van der Waals surface area contributed by atoms with Crippen LogP contribution in [0.3, 0.4) is 0 Å². The lowest BCUT2D eigenvalue weighted by Crippen LogP contribution is -2.43. The standard InChI is InChI=1S/C20H23FN2O2/c1-22(2)18-9-5-16(6-10-18)19-14-23(11-12-25-19)20(24)13-15-3-7-17(21)8-4-15/h3-10,19H,11-14H2,1-2H3. The van der Waals surface area contributed by atoms with Crippen LogP contribution in [-0.4, -0.2) is 44.6 Å². The van der Waals surface area contributed by atoms with Gasteiger partial charge in [-0.25, -0.2) is 4.39 Å². The number of amides is 1. The third kappa shape index (κ3) is 4.37. The van der Waals surface area contributed by atoms with E-state index < -0.39 is 0 Å². The molecule has 25 heavy (non-hydrogen) atoms. The van der Waals surface area contributed by atoms with Crippen molar-refractivity contribution < 1.29 is 13.9 Å². The topological polar surface area (TPSA) is 32.8 Å². The number of hydrogen-bond donors (Lipinski definition) is 0. The van der Waals surface area contributed by atoms with Gasteiger partial charge in [-0.2, -0.15) is 0 Å². The van der Waals surface area contributed by atoms with Gasteiger partial charge in [0.15, 0.2) is 0 Å². The van der Waals surface area contributed by atoms with Crippen molar-refractivity contribution in [1.82, 2.24) is 4.90 Å². The molecule has 1 aliphatic rings. The molecule has 1 heterocycles. The van der Waals surface area contributed by atoms with Gasteiger partial charge in [-0.05, 0) is 35.4 Å². The lowest BCUT2D eigenvalue weighted by Gasteiger charge is -2.33. The van der Waals surface area contributed by atoms with Gasteiger partial charge in [0.2, 0.25) is 5.91 Å². The zero-order valence-corrected chi connectivity index (χ0v) is 14.6. The van der Waals surface area contributed by atoms with Gasteiger partial charge in [0, 0.05) is 26.3 Å². The second-order valence-electron chi connectivity index (χ2n) is 6.49. The lowest BCUT2D eigenvalue weighted by molar-refractivity contribution is -0.138. The van der Waals surface area contributed by atoms with Gasteiger partial charge >= 0.3 is 0 Å². The van der Waals surface area contributed by atoms with Crippen LogP contribution in [0.15, 0.2) is 48.5 Å². The fourth-order valence-electron chi connectivity index (χ4n) is 2.95. The molecule has 0 aromatic heterocycles. The first-order chi connectivity index (χ1) is 12.0. The molecule has 0 aliphatic carbocycles. The van der Waals surface area contributed by atoms with E-state index >= 15 is 0 Å². The van der Waals surface area contributed by atoms with Gasteiger partial charge < -0.3 is 14.5 Å². The molecule has 1 fully saturated rings. The van der Waals surface area contributed by atoms with E-state index in [1.165, 1.54) is 12.1 Å². The number of halogens is 1. The van der Waals surface area contributed by atoms with Gasteiger partial charge in [-0.15, -0.1) is 0 Å². The number of ether oxygens (including phenoxy) is 1. The van der Waals surface area contributed by atoms with Crippen LogP contribution >= 0.6 is 0 Å². The van der Waals surface area contributed by atoms with E-state index in [-0.39, 0.29) is 24.2 Å². The van der Waals surface area contributed by atoms with Gasteiger partial charge in [-0.3, -0.25) is 4.79 Å². The van der Waals surface area contributed by atoms with Crippen molar-refractivity contribution in [1.29, 1.82) is 0 Å². The number of morpholine rings is 1. The van der Waals surface area contributed by atoms with Crippen molar-refractivity contribution in [2.24, 2.45) is 0 Å². The SMILES string of the molecule is CN(C)c1ccc(C2CN(C(=O)Cc3ccc(F)cc3)CCO2)cc1. The molecule has 0 radical (unpaired) electrons. The monoisotopic (exact) mass is 342 g/mol. The van der Waals surface area contributed by atoms with Crippen molar-refractivity contribution in [2.75, 3.05) is 38.7 Å². The summed E-state index contributed by atoms with van der Waals surface area (Å²) in [5.41, 5.74) is 3.03. The molecule has 0 N–H and O–H groups in total. The van der Waals surface area contributed by atoms with E-state index in [1.807, 2.05) is 36.0 Å². The van der Waals surface area contributed by atoms with E-state index in [0.29, 0.717) is 19.7 Å². The molecule has 1 saturated heterocycles. The number of benzene rings is 2. The summed E-state index contributed by atoms with van der Waals surface area (Å²) in [6, 6.07) is 14.3. The molecule has 1 unspecified atom stereocenters. The first-order valence-electron chi connectivity index (χ1n) is 8.44. The van der Waals surface area contributed by atoms with Gasteiger partial charge in [0.25, 0.3) is 0 Å². The lowest BCUT2D eigenvalue weighted by atomic mass is 10.1. The number of anilines is 1. The zero-order valence-electron chi connectivity index (χ0n) is 14.6. The first kappa shape index (κ1) is 17.4. The highest BCUT2D eigenvalue weighted by Gasteiger charge is 2.25. The number of nitrogens with zero attached hydrogens (tertiary/aromatic N) is 2. The normalized spacial score (nSPS) is 17.4. The van der Waals surface area contributed by atoms with Crippen LogP contribution in [0, 0.1) is 5.82 Å². The van der Waals surface area contributed by atoms with Crippen LogP contribution in [0.25, 0.3) is 0 Å². The Morgan fingerprint density at radius 3 is 2.48 bits per heavy atom. The van der Waals surface area contributed by atoms with E-state index in [2.05, 4.69) is 12.1 Å². The summed E-state index contributed by atoms with van der Waals surface area (Å²) in [5.74, 6) is -0.242. The van der Waals surface area contributed by atoms with Crippen LogP contribution < -0.4 is 4.90 Å². The molecule has 1 atom stereocenters. The van der Waals surface area contributed by atoms with Gasteiger partial charge in [0.05, 0.1) is 19.6 Å². The molecule has 5 heteroatoms. The van der Waals surface area contributed by atoms with E-state index in [4.69, 9.17) is 4.74 Å². The van der Waals surface area contributed by atoms with E-state index in [9.17, 15) is 9.18 Å². The predicted octanol–water partition coefficient (Wildman–Crippen LogP) is 3.03. The Labute approximate surface area is 147 Å². The Morgan fingerprint density at radius 1 is 1.16 bits per heavy atom. The third-order valence-corrected chi connectivity index (χ3v) is 4.47. The Morgan fingerprint density at radius 2 is 1.84 bits per heavy atom. The molecule has 0 saturated carbocycles. The summed E-state index contributed by atoms with van der Waals surface area (Å²) in [6.07, 6.45) is 0.175. The quantitative estimate of drug-likeness (QED) is 0.856. The van der Waals surface area contributed by atoms with Crippen LogP contribution in [0.2, 0.25) is 0 Å². The van der Waals surface area contributed by atoms with Crippen LogP contribution in [0.4, 0.5) is 10.1 Å². The van der Waals surface area contributed by atoms with Crippen LogP contribution in [0.1, 0.15) is 17.2 Å². The largest absolute Gasteiger partial charge is 0.378 e. The van der Waals surface area contributed by atoms with Gasteiger partial charge in [-0.1, -0.05) is 24.3 Å². The first-order valence-corrected chi connectivity index (χ1v) is 8.44. The number of carbonyl (C=O) groups excluding carboxylic acids is 1. The van der Waals surface area contributed by atoms with E-state index in [0.717, 1.165) is 16.8 Å². The average molecular weight is 342 g/mol. The zero-order chi connectivity index (χ0) is 17.8. The maximum Gasteiger partial charge on any atom is 0.227 e. The summed E-state index contributed by atoms with van der Waals surface area (Å²) in [5, 5.41) is 0. The molecule has 1 aliphatic heterocycles. The van der Waals surface area contributed by atoms with E-state index in [1.54, 1.807) is 12.1 Å². The van der Waals surface area contributed by atoms with Crippen molar-refractivity contribution in [2.45, 2.75) is 12.5 Å². The third-order valence-electron chi connectivity index (χ3n) is 4.47. The van der Waals surface area contributed by atoms with Crippen molar-refractivity contribution in [3.05, 3.63) is 65.5 Å². The maximum absolute atomic E-state index is 13.0. The second-order valence-corrected chi connectivity index (χ2v) is 6.49. The van der Waals surface area contributed by atoms with Crippen LogP contribution in [-0.2, 0) is 16.0 Å². The Hall–Kier alpha value is -2.40. The fraction of sp³-hybridized carbons (Fsp3) is 0.350. The van der Waals surface area contributed by atoms with Crippen molar-refractivity contribution >= 4 is 11.6 Å². The van der Waals surface area contributed by atoms with Crippen molar-refractivity contribution in [3.63, 3.8) is 0 Å². The minimum Gasteiger partial charge on any atom is -0.378 e. The molecule has 3 rings (SSSR count). The van der Waals surface area contributed by atoms with Crippen molar-refractivity contribution in [3.8, 4) is 0 Å². The minimum absolute atomic E-state index is 0.0461. The summed E-state index contributed by atoms with van der Waals surface area (Å²) in [4.78, 5) is 16.4. The molecule has 1 amide bonds. The second kappa shape index (κ2) is 7.66. The molecule has 2 aromatic rings. The summed E-state index contributed by atoms with van der Waals surface area (Å²) >= 11 is 0. The van der Waals surface area contributed by atoms with Gasteiger partial charge in [0.1, 0.15) is 11.9 Å². The molecule has 132 valence electrons. The number of carbonyl (C=O) groups is 1. The molecule has 0 spiro atoms. The number of rotatable bonds is 4.